The van der Waals surface area contributed by atoms with E-state index >= 15 is 0 Å². The van der Waals surface area contributed by atoms with Crippen LogP contribution in [0, 0.1) is 6.92 Å². The Bertz CT molecular complexity index is 919. The lowest BCUT2D eigenvalue weighted by molar-refractivity contribution is 1.16. The first-order valence-electron chi connectivity index (χ1n) is 7.42. The molecule has 22 heavy (non-hydrogen) atoms. The summed E-state index contributed by atoms with van der Waals surface area (Å²) >= 11 is 0. The van der Waals surface area contributed by atoms with Crippen molar-refractivity contribution in [3.8, 4) is 22.6 Å². The van der Waals surface area contributed by atoms with E-state index < -0.39 is 0 Å². The normalized spacial score (nSPS) is 11.0. The van der Waals surface area contributed by atoms with Gasteiger partial charge in [0.1, 0.15) is 5.82 Å². The Kier molecular flexibility index (Phi) is 3.01. The Morgan fingerprint density at radius 2 is 1.45 bits per heavy atom. The number of hydrogen-bond donors (Lipinski definition) is 0. The summed E-state index contributed by atoms with van der Waals surface area (Å²) in [7, 11) is 0. The van der Waals surface area contributed by atoms with Gasteiger partial charge < -0.3 is 0 Å². The summed E-state index contributed by atoms with van der Waals surface area (Å²) in [5.74, 6) is 0.978. The van der Waals surface area contributed by atoms with Crippen molar-refractivity contribution in [3.63, 3.8) is 0 Å². The average Bonchev–Trinajstić information content (AvgIpc) is 2.96. The van der Waals surface area contributed by atoms with E-state index in [1.54, 1.807) is 0 Å². The van der Waals surface area contributed by atoms with E-state index in [9.17, 15) is 0 Å². The Hall–Kier alpha value is -2.87. The molecule has 0 radical (unpaired) electrons. The molecule has 4 rings (SSSR count). The predicted octanol–water partition coefficient (Wildman–Crippen LogP) is 4.98. The van der Waals surface area contributed by atoms with E-state index in [1.807, 2.05) is 24.3 Å². The molecule has 0 aliphatic rings. The zero-order valence-electron chi connectivity index (χ0n) is 12.4. The summed E-state index contributed by atoms with van der Waals surface area (Å²) in [6, 6.07) is 25.1. The predicted molar refractivity (Wildman–Crippen MR) is 90.8 cm³/mol. The molecule has 0 spiro atoms. The van der Waals surface area contributed by atoms with Crippen molar-refractivity contribution in [3.05, 3.63) is 84.6 Å². The third-order valence-corrected chi connectivity index (χ3v) is 3.91. The van der Waals surface area contributed by atoms with Crippen LogP contribution in [0.1, 0.15) is 5.56 Å². The lowest BCUT2D eigenvalue weighted by Crippen LogP contribution is -1.87. The van der Waals surface area contributed by atoms with E-state index in [0.29, 0.717) is 0 Å². The molecule has 0 unspecified atom stereocenters. The smallest absolute Gasteiger partial charge is 0.145 e. The third-order valence-electron chi connectivity index (χ3n) is 3.91. The highest BCUT2D eigenvalue weighted by Crippen LogP contribution is 2.29. The van der Waals surface area contributed by atoms with Crippen LogP contribution >= 0.6 is 0 Å². The van der Waals surface area contributed by atoms with Crippen LogP contribution < -0.4 is 0 Å². The molecule has 0 N–H and O–H groups in total. The molecule has 2 aromatic carbocycles. The van der Waals surface area contributed by atoms with Gasteiger partial charge in [-0.1, -0.05) is 66.2 Å². The van der Waals surface area contributed by atoms with E-state index in [2.05, 4.69) is 66.1 Å². The van der Waals surface area contributed by atoms with E-state index in [4.69, 9.17) is 4.98 Å². The minimum absolute atomic E-state index is 0.978. The van der Waals surface area contributed by atoms with Crippen LogP contribution in [0.3, 0.4) is 0 Å². The number of imidazole rings is 1. The van der Waals surface area contributed by atoms with E-state index in [1.165, 1.54) is 5.56 Å². The molecule has 2 heterocycles. The number of hydrogen-bond acceptors (Lipinski definition) is 1. The molecule has 0 aliphatic heterocycles. The fourth-order valence-electron chi connectivity index (χ4n) is 2.75. The average molecular weight is 284 g/mol. The Morgan fingerprint density at radius 3 is 2.23 bits per heavy atom. The first-order chi connectivity index (χ1) is 10.8. The molecule has 0 amide bonds. The Labute approximate surface area is 129 Å². The first kappa shape index (κ1) is 12.8. The zero-order valence-corrected chi connectivity index (χ0v) is 12.4. The number of aromatic nitrogens is 2. The Balaban J connectivity index is 1.99. The van der Waals surface area contributed by atoms with Crippen molar-refractivity contribution in [2.24, 2.45) is 0 Å². The molecular formula is C20H16N2. The fraction of sp³-hybridized carbons (Fsp3) is 0.0500. The summed E-state index contributed by atoms with van der Waals surface area (Å²) in [5, 5.41) is 0. The van der Waals surface area contributed by atoms with Gasteiger partial charge in [-0.25, -0.2) is 4.98 Å². The summed E-state index contributed by atoms with van der Waals surface area (Å²) in [6.45, 7) is 2.10. The molecule has 2 heteroatoms. The lowest BCUT2D eigenvalue weighted by Gasteiger charge is -2.00. The number of benzene rings is 2. The van der Waals surface area contributed by atoms with Crippen molar-refractivity contribution < 1.29 is 0 Å². The summed E-state index contributed by atoms with van der Waals surface area (Å²) in [6.07, 6.45) is 2.07. The lowest BCUT2D eigenvalue weighted by atomic mass is 10.1. The van der Waals surface area contributed by atoms with Crippen LogP contribution in [0.5, 0.6) is 0 Å². The van der Waals surface area contributed by atoms with Crippen LogP contribution in [0.15, 0.2) is 79.0 Å². The molecule has 0 saturated carbocycles. The van der Waals surface area contributed by atoms with Crippen LogP contribution in [-0.4, -0.2) is 9.38 Å². The molecule has 2 nitrogen and oxygen atoms in total. The van der Waals surface area contributed by atoms with Gasteiger partial charge in [0.25, 0.3) is 0 Å². The van der Waals surface area contributed by atoms with Gasteiger partial charge in [-0.15, -0.1) is 0 Å². The summed E-state index contributed by atoms with van der Waals surface area (Å²) < 4.78 is 2.16. The largest absolute Gasteiger partial charge is 0.299 e. The monoisotopic (exact) mass is 284 g/mol. The van der Waals surface area contributed by atoms with Crippen molar-refractivity contribution in [2.45, 2.75) is 6.92 Å². The van der Waals surface area contributed by atoms with Crippen molar-refractivity contribution in [2.75, 3.05) is 0 Å². The molecule has 0 atom stereocenters. The standard InChI is InChI=1S/C20H16N2/c1-15-10-12-16(13-11-15)19-18-9-5-6-14-22(18)20(21-19)17-7-3-2-4-8-17/h2-14H,1H3. The van der Waals surface area contributed by atoms with Crippen LogP contribution in [0.4, 0.5) is 0 Å². The van der Waals surface area contributed by atoms with Gasteiger partial charge >= 0.3 is 0 Å². The SMILES string of the molecule is Cc1ccc(-c2nc(-c3ccccc3)n3ccccc23)cc1. The number of fused-ring (bicyclic) bond motifs is 1. The highest BCUT2D eigenvalue weighted by atomic mass is 15.0. The molecular weight excluding hydrogens is 268 g/mol. The van der Waals surface area contributed by atoms with Crippen LogP contribution in [-0.2, 0) is 0 Å². The fourth-order valence-corrected chi connectivity index (χ4v) is 2.75. The molecule has 0 bridgehead atoms. The summed E-state index contributed by atoms with van der Waals surface area (Å²) in [4.78, 5) is 4.92. The maximum atomic E-state index is 4.92. The number of pyridine rings is 1. The van der Waals surface area contributed by atoms with Gasteiger partial charge in [0.05, 0.1) is 11.2 Å². The molecule has 106 valence electrons. The number of rotatable bonds is 2. The van der Waals surface area contributed by atoms with E-state index in [-0.39, 0.29) is 0 Å². The van der Waals surface area contributed by atoms with Gasteiger partial charge in [0, 0.05) is 17.3 Å². The topological polar surface area (TPSA) is 17.3 Å². The number of nitrogens with zero attached hydrogens (tertiary/aromatic N) is 2. The quantitative estimate of drug-likeness (QED) is 0.507. The van der Waals surface area contributed by atoms with E-state index in [0.717, 1.165) is 28.2 Å². The second kappa shape index (κ2) is 5.15. The molecule has 0 aliphatic carbocycles. The molecule has 2 aromatic heterocycles. The van der Waals surface area contributed by atoms with Crippen LogP contribution in [0.2, 0.25) is 0 Å². The van der Waals surface area contributed by atoms with Gasteiger partial charge in [-0.3, -0.25) is 4.40 Å². The third kappa shape index (κ3) is 2.09. The minimum Gasteiger partial charge on any atom is -0.299 e. The molecule has 4 aromatic rings. The first-order valence-corrected chi connectivity index (χ1v) is 7.42. The molecule has 0 saturated heterocycles. The highest BCUT2D eigenvalue weighted by Gasteiger charge is 2.13. The van der Waals surface area contributed by atoms with Crippen molar-refractivity contribution >= 4 is 5.52 Å². The highest BCUT2D eigenvalue weighted by molar-refractivity contribution is 5.81. The second-order valence-electron chi connectivity index (χ2n) is 5.47. The summed E-state index contributed by atoms with van der Waals surface area (Å²) in [5.41, 5.74) is 5.69. The number of aryl methyl sites for hydroxylation is 1. The van der Waals surface area contributed by atoms with Crippen LogP contribution in [0.25, 0.3) is 28.2 Å². The maximum absolute atomic E-state index is 4.92. The van der Waals surface area contributed by atoms with Gasteiger partial charge in [-0.05, 0) is 19.1 Å². The van der Waals surface area contributed by atoms with Gasteiger partial charge in [-0.2, -0.15) is 0 Å². The van der Waals surface area contributed by atoms with Gasteiger partial charge in [0.15, 0.2) is 0 Å². The van der Waals surface area contributed by atoms with Crippen molar-refractivity contribution in [1.82, 2.24) is 9.38 Å². The molecule has 0 fully saturated rings. The Morgan fingerprint density at radius 1 is 0.727 bits per heavy atom. The minimum atomic E-state index is 0.978. The zero-order chi connectivity index (χ0) is 14.9. The van der Waals surface area contributed by atoms with Gasteiger partial charge in [0.2, 0.25) is 0 Å². The second-order valence-corrected chi connectivity index (χ2v) is 5.47. The van der Waals surface area contributed by atoms with Crippen molar-refractivity contribution in [1.29, 1.82) is 0 Å². The maximum Gasteiger partial charge on any atom is 0.145 e.